The monoisotopic (exact) mass is 284 g/mol. The summed E-state index contributed by atoms with van der Waals surface area (Å²) in [6.07, 6.45) is 0. The van der Waals surface area contributed by atoms with Gasteiger partial charge in [0.2, 0.25) is 0 Å². The van der Waals surface area contributed by atoms with Gasteiger partial charge in [0.15, 0.2) is 5.17 Å². The van der Waals surface area contributed by atoms with Crippen LogP contribution in [0.5, 0.6) is 0 Å². The Kier molecular flexibility index (Phi) is 3.36. The molecule has 1 heterocycles. The van der Waals surface area contributed by atoms with Gasteiger partial charge >= 0.3 is 0 Å². The van der Waals surface area contributed by atoms with E-state index >= 15 is 0 Å². The highest BCUT2D eigenvalue weighted by molar-refractivity contribution is 9.10. The third kappa shape index (κ3) is 2.55. The van der Waals surface area contributed by atoms with Gasteiger partial charge in [-0.2, -0.15) is 0 Å². The lowest BCUT2D eigenvalue weighted by molar-refractivity contribution is 0.865. The first kappa shape index (κ1) is 11.0. The van der Waals surface area contributed by atoms with Gasteiger partial charge in [0.05, 0.1) is 11.7 Å². The molecule has 1 N–H and O–H groups in total. The quantitative estimate of drug-likeness (QED) is 0.851. The molecule has 15 heavy (non-hydrogen) atoms. The molecular formula is C11H13BrN2S. The number of aryl methyl sites for hydroxylation is 1. The van der Waals surface area contributed by atoms with Gasteiger partial charge in [-0.15, -0.1) is 0 Å². The van der Waals surface area contributed by atoms with Crippen LogP contribution in [0.3, 0.4) is 0 Å². The van der Waals surface area contributed by atoms with Crippen LogP contribution in [-0.4, -0.2) is 17.0 Å². The van der Waals surface area contributed by atoms with Gasteiger partial charge < -0.3 is 5.32 Å². The highest BCUT2D eigenvalue weighted by atomic mass is 79.9. The predicted octanol–water partition coefficient (Wildman–Crippen LogP) is 3.66. The van der Waals surface area contributed by atoms with Crippen molar-refractivity contribution < 1.29 is 0 Å². The van der Waals surface area contributed by atoms with E-state index in [9.17, 15) is 0 Å². The predicted molar refractivity (Wildman–Crippen MR) is 71.9 cm³/mol. The average Bonchev–Trinajstić information content (AvgIpc) is 2.59. The summed E-state index contributed by atoms with van der Waals surface area (Å²) in [7, 11) is 0. The minimum atomic E-state index is 0.432. The van der Waals surface area contributed by atoms with Crippen molar-refractivity contribution in [3.8, 4) is 0 Å². The van der Waals surface area contributed by atoms with Crippen molar-refractivity contribution in [2.24, 2.45) is 4.99 Å². The highest BCUT2D eigenvalue weighted by Crippen LogP contribution is 2.28. The van der Waals surface area contributed by atoms with Gasteiger partial charge in [0, 0.05) is 10.2 Å². The van der Waals surface area contributed by atoms with Crippen LogP contribution >= 0.6 is 27.7 Å². The topological polar surface area (TPSA) is 24.4 Å². The van der Waals surface area contributed by atoms with Crippen LogP contribution in [0.15, 0.2) is 27.7 Å². The lowest BCUT2D eigenvalue weighted by Crippen LogP contribution is -2.05. The number of halogens is 1. The Morgan fingerprint density at radius 3 is 3.00 bits per heavy atom. The van der Waals surface area contributed by atoms with E-state index in [0.29, 0.717) is 6.04 Å². The van der Waals surface area contributed by atoms with Crippen molar-refractivity contribution in [2.75, 3.05) is 11.1 Å². The molecule has 0 radical (unpaired) electrons. The maximum absolute atomic E-state index is 4.50. The van der Waals surface area contributed by atoms with Gasteiger partial charge in [-0.3, -0.25) is 4.99 Å². The Bertz CT molecular complexity index is 404. The first-order chi connectivity index (χ1) is 7.16. The molecule has 0 saturated heterocycles. The van der Waals surface area contributed by atoms with Gasteiger partial charge in [-0.05, 0) is 41.4 Å². The van der Waals surface area contributed by atoms with E-state index in [0.717, 1.165) is 21.1 Å². The molecule has 0 aromatic heterocycles. The van der Waals surface area contributed by atoms with Crippen molar-refractivity contribution in [2.45, 2.75) is 19.9 Å². The van der Waals surface area contributed by atoms with Crippen LogP contribution in [-0.2, 0) is 0 Å². The first-order valence-corrected chi connectivity index (χ1v) is 6.67. The molecule has 80 valence electrons. The van der Waals surface area contributed by atoms with Crippen LogP contribution < -0.4 is 5.32 Å². The first-order valence-electron chi connectivity index (χ1n) is 4.89. The molecule has 1 unspecified atom stereocenters. The maximum atomic E-state index is 4.50. The lowest BCUT2D eigenvalue weighted by Gasteiger charge is -2.08. The van der Waals surface area contributed by atoms with E-state index in [4.69, 9.17) is 0 Å². The second kappa shape index (κ2) is 4.58. The summed E-state index contributed by atoms with van der Waals surface area (Å²) < 4.78 is 1.12. The molecule has 0 bridgehead atoms. The number of anilines is 1. The summed E-state index contributed by atoms with van der Waals surface area (Å²) in [5.41, 5.74) is 2.33. The molecule has 1 aromatic rings. The maximum Gasteiger partial charge on any atom is 0.161 e. The fraction of sp³-hybridized carbons (Fsp3) is 0.364. The average molecular weight is 285 g/mol. The summed E-state index contributed by atoms with van der Waals surface area (Å²) in [4.78, 5) is 4.50. The molecule has 0 aliphatic carbocycles. The van der Waals surface area contributed by atoms with Crippen molar-refractivity contribution in [3.05, 3.63) is 28.2 Å². The summed E-state index contributed by atoms with van der Waals surface area (Å²) in [6, 6.07) is 6.62. The minimum Gasteiger partial charge on any atom is -0.334 e. The summed E-state index contributed by atoms with van der Waals surface area (Å²) >= 11 is 5.35. The number of aliphatic imine (C=N–C) groups is 1. The molecule has 2 nitrogen and oxygen atoms in total. The molecule has 1 aromatic carbocycles. The fourth-order valence-electron chi connectivity index (χ4n) is 1.40. The van der Waals surface area contributed by atoms with Crippen molar-refractivity contribution in [3.63, 3.8) is 0 Å². The van der Waals surface area contributed by atoms with E-state index in [-0.39, 0.29) is 0 Å². The molecule has 0 amide bonds. The number of thioether (sulfide) groups is 1. The Balaban J connectivity index is 2.18. The molecule has 1 aliphatic rings. The van der Waals surface area contributed by atoms with E-state index < -0.39 is 0 Å². The number of hydrogen-bond acceptors (Lipinski definition) is 3. The Labute approximate surface area is 103 Å². The van der Waals surface area contributed by atoms with Crippen LogP contribution in [0, 0.1) is 6.92 Å². The number of nitrogens with one attached hydrogen (secondary N) is 1. The number of amidine groups is 1. The van der Waals surface area contributed by atoms with Crippen LogP contribution in [0.4, 0.5) is 5.69 Å². The zero-order valence-corrected chi connectivity index (χ0v) is 11.2. The number of benzene rings is 1. The van der Waals surface area contributed by atoms with Crippen LogP contribution in [0.1, 0.15) is 12.5 Å². The van der Waals surface area contributed by atoms with Gasteiger partial charge in [0.25, 0.3) is 0 Å². The third-order valence-electron chi connectivity index (χ3n) is 2.23. The van der Waals surface area contributed by atoms with E-state index in [1.165, 1.54) is 5.56 Å². The van der Waals surface area contributed by atoms with Crippen molar-refractivity contribution in [1.29, 1.82) is 0 Å². The fourth-order valence-corrected chi connectivity index (χ4v) is 2.68. The van der Waals surface area contributed by atoms with Crippen molar-refractivity contribution >= 4 is 38.5 Å². The normalized spacial score (nSPS) is 20.2. The zero-order chi connectivity index (χ0) is 10.8. The molecule has 1 atom stereocenters. The molecule has 0 spiro atoms. The molecular weight excluding hydrogens is 272 g/mol. The largest absolute Gasteiger partial charge is 0.334 e. The van der Waals surface area contributed by atoms with E-state index in [1.807, 2.05) is 6.07 Å². The summed E-state index contributed by atoms with van der Waals surface area (Å²) in [5, 5.41) is 4.37. The molecule has 0 fully saturated rings. The second-order valence-corrected chi connectivity index (χ2v) is 5.46. The molecule has 4 heteroatoms. The van der Waals surface area contributed by atoms with E-state index in [2.05, 4.69) is 52.2 Å². The zero-order valence-electron chi connectivity index (χ0n) is 8.75. The van der Waals surface area contributed by atoms with Gasteiger partial charge in [-0.1, -0.05) is 23.9 Å². The van der Waals surface area contributed by atoms with E-state index in [1.54, 1.807) is 11.8 Å². The SMILES string of the molecule is Cc1cccc(NC2=NC(C)CS2)c1Br. The third-order valence-corrected chi connectivity index (χ3v) is 4.41. The second-order valence-electron chi connectivity index (χ2n) is 3.66. The minimum absolute atomic E-state index is 0.432. The summed E-state index contributed by atoms with van der Waals surface area (Å²) in [5.74, 6) is 1.08. The number of nitrogens with zero attached hydrogens (tertiary/aromatic N) is 1. The highest BCUT2D eigenvalue weighted by Gasteiger charge is 2.14. The van der Waals surface area contributed by atoms with Crippen LogP contribution in [0.25, 0.3) is 0 Å². The molecule has 1 aliphatic heterocycles. The Hall–Kier alpha value is -0.480. The number of hydrogen-bond donors (Lipinski definition) is 1. The van der Waals surface area contributed by atoms with Crippen LogP contribution in [0.2, 0.25) is 0 Å². The number of rotatable bonds is 1. The molecule has 2 rings (SSSR count). The smallest absolute Gasteiger partial charge is 0.161 e. The van der Waals surface area contributed by atoms with Crippen molar-refractivity contribution in [1.82, 2.24) is 0 Å². The standard InChI is InChI=1S/C11H13BrN2S/c1-7-4-3-5-9(10(7)12)14-11-13-8(2)6-15-11/h3-5,8H,6H2,1-2H3,(H,13,14). The Morgan fingerprint density at radius 2 is 2.33 bits per heavy atom. The van der Waals surface area contributed by atoms with Gasteiger partial charge in [0.1, 0.15) is 0 Å². The molecule has 0 saturated carbocycles. The Morgan fingerprint density at radius 1 is 1.53 bits per heavy atom. The van der Waals surface area contributed by atoms with Gasteiger partial charge in [-0.25, -0.2) is 0 Å². The lowest BCUT2D eigenvalue weighted by atomic mass is 10.2. The summed E-state index contributed by atoms with van der Waals surface area (Å²) in [6.45, 7) is 4.22.